The van der Waals surface area contributed by atoms with Gasteiger partial charge in [-0.25, -0.2) is 22.5 Å². The van der Waals surface area contributed by atoms with E-state index in [9.17, 15) is 12.8 Å². The Morgan fingerprint density at radius 3 is 2.71 bits per heavy atom. The molecule has 21 heavy (non-hydrogen) atoms. The molecular formula is C11H11ClFN5O2S. The summed E-state index contributed by atoms with van der Waals surface area (Å²) in [5.74, 6) is -1.14. The second-order valence-corrected chi connectivity index (χ2v) is 6.07. The molecule has 1 aromatic heterocycles. The minimum absolute atomic E-state index is 0.106. The summed E-state index contributed by atoms with van der Waals surface area (Å²) in [6, 6.07) is 2.38. The lowest BCUT2D eigenvalue weighted by Crippen LogP contribution is -2.18. The van der Waals surface area contributed by atoms with E-state index in [4.69, 9.17) is 11.6 Å². The fourth-order valence-electron chi connectivity index (χ4n) is 1.60. The van der Waals surface area contributed by atoms with Gasteiger partial charge in [0.2, 0.25) is 0 Å². The van der Waals surface area contributed by atoms with E-state index in [2.05, 4.69) is 20.5 Å². The van der Waals surface area contributed by atoms with Crippen molar-refractivity contribution in [2.45, 2.75) is 11.4 Å². The predicted octanol–water partition coefficient (Wildman–Crippen LogP) is 1.18. The second-order valence-electron chi connectivity index (χ2n) is 3.98. The number of aromatic nitrogens is 3. The van der Waals surface area contributed by atoms with Crippen molar-refractivity contribution < 1.29 is 12.8 Å². The first-order chi connectivity index (χ1) is 9.94. The molecule has 7 nitrogen and oxygen atoms in total. The number of rotatable bonds is 5. The summed E-state index contributed by atoms with van der Waals surface area (Å²) in [4.78, 5) is 3.09. The van der Waals surface area contributed by atoms with Crippen molar-refractivity contribution in [1.29, 1.82) is 0 Å². The molecule has 0 aliphatic heterocycles. The van der Waals surface area contributed by atoms with E-state index in [0.29, 0.717) is 0 Å². The highest BCUT2D eigenvalue weighted by molar-refractivity contribution is 7.92. The highest BCUT2D eigenvalue weighted by Crippen LogP contribution is 2.24. The van der Waals surface area contributed by atoms with Gasteiger partial charge >= 0.3 is 0 Å². The normalized spacial score (nSPS) is 11.4. The molecule has 0 saturated carbocycles. The number of nitrogens with one attached hydrogen (secondary N) is 2. The summed E-state index contributed by atoms with van der Waals surface area (Å²) in [6.07, 6.45) is 2.54. The second kappa shape index (κ2) is 6.29. The van der Waals surface area contributed by atoms with E-state index in [1.54, 1.807) is 7.05 Å². The Bertz CT molecular complexity index is 742. The smallest absolute Gasteiger partial charge is 0.267 e. The maximum Gasteiger partial charge on any atom is 0.267 e. The summed E-state index contributed by atoms with van der Waals surface area (Å²) in [6.45, 7) is 0.137. The highest BCUT2D eigenvalue weighted by atomic mass is 35.5. The molecule has 0 fully saturated rings. The molecule has 2 rings (SSSR count). The van der Waals surface area contributed by atoms with Crippen LogP contribution in [0.2, 0.25) is 5.02 Å². The molecule has 1 aromatic carbocycles. The molecule has 112 valence electrons. The fraction of sp³-hybridized carbons (Fsp3) is 0.182. The zero-order valence-electron chi connectivity index (χ0n) is 10.8. The molecule has 2 aromatic rings. The van der Waals surface area contributed by atoms with Crippen LogP contribution in [0.5, 0.6) is 0 Å². The third kappa shape index (κ3) is 3.63. The Morgan fingerprint density at radius 1 is 1.33 bits per heavy atom. The first-order valence-corrected chi connectivity index (χ1v) is 7.59. The number of hydrogen-bond donors (Lipinski definition) is 2. The van der Waals surface area contributed by atoms with Crippen LogP contribution in [-0.4, -0.2) is 30.6 Å². The number of sulfonamides is 1. The number of anilines is 1. The minimum atomic E-state index is -4.21. The Balaban J connectivity index is 2.45. The van der Waals surface area contributed by atoms with Crippen molar-refractivity contribution in [2.75, 3.05) is 11.8 Å². The number of nitrogens with zero attached hydrogens (tertiary/aromatic N) is 3. The standard InChI is InChI=1S/C11H11ClFN5O2S/c1-14-6-7-4-8(12)5-9(10(7)13)21(19,20)18-11-15-2-3-16-17-11/h2-5,14H,6H2,1H3,(H,15,17,18). The molecule has 0 amide bonds. The van der Waals surface area contributed by atoms with Gasteiger partial charge in [0, 0.05) is 17.1 Å². The maximum atomic E-state index is 14.3. The molecule has 0 spiro atoms. The van der Waals surface area contributed by atoms with Gasteiger partial charge in [-0.15, -0.1) is 5.10 Å². The van der Waals surface area contributed by atoms with E-state index in [1.807, 2.05) is 4.72 Å². The van der Waals surface area contributed by atoms with Crippen LogP contribution in [0.25, 0.3) is 0 Å². The molecule has 1 heterocycles. The number of benzene rings is 1. The molecule has 0 aliphatic rings. The lowest BCUT2D eigenvalue weighted by molar-refractivity contribution is 0.555. The van der Waals surface area contributed by atoms with Crippen molar-refractivity contribution in [3.8, 4) is 0 Å². The molecular weight excluding hydrogens is 321 g/mol. The van der Waals surface area contributed by atoms with Crippen LogP contribution in [0.3, 0.4) is 0 Å². The van der Waals surface area contributed by atoms with Crippen LogP contribution in [-0.2, 0) is 16.6 Å². The van der Waals surface area contributed by atoms with E-state index in [-0.39, 0.29) is 23.1 Å². The van der Waals surface area contributed by atoms with E-state index < -0.39 is 20.7 Å². The monoisotopic (exact) mass is 331 g/mol. The van der Waals surface area contributed by atoms with Gasteiger partial charge in [0.15, 0.2) is 0 Å². The number of halogens is 2. The minimum Gasteiger partial charge on any atom is -0.316 e. The average Bonchev–Trinajstić information content (AvgIpc) is 2.43. The summed E-state index contributed by atoms with van der Waals surface area (Å²) in [5.41, 5.74) is 0.137. The lowest BCUT2D eigenvalue weighted by Gasteiger charge is -2.10. The Morgan fingerprint density at radius 2 is 2.10 bits per heavy atom. The zero-order valence-corrected chi connectivity index (χ0v) is 12.4. The summed E-state index contributed by atoms with van der Waals surface area (Å²) >= 11 is 5.84. The Kier molecular flexibility index (Phi) is 4.66. The molecule has 10 heteroatoms. The summed E-state index contributed by atoms with van der Waals surface area (Å²) in [7, 11) is -2.60. The van der Waals surface area contributed by atoms with Crippen molar-refractivity contribution in [1.82, 2.24) is 20.5 Å². The zero-order chi connectivity index (χ0) is 15.5. The topological polar surface area (TPSA) is 96.9 Å². The van der Waals surface area contributed by atoms with Crippen molar-refractivity contribution in [2.24, 2.45) is 0 Å². The quantitative estimate of drug-likeness (QED) is 0.854. The van der Waals surface area contributed by atoms with Gasteiger partial charge in [0.25, 0.3) is 16.0 Å². The van der Waals surface area contributed by atoms with E-state index in [0.717, 1.165) is 6.07 Å². The average molecular weight is 332 g/mol. The molecule has 2 N–H and O–H groups in total. The fourth-order valence-corrected chi connectivity index (χ4v) is 3.00. The first kappa shape index (κ1) is 15.5. The third-order valence-electron chi connectivity index (χ3n) is 2.44. The van der Waals surface area contributed by atoms with E-state index in [1.165, 1.54) is 18.5 Å². The summed E-state index contributed by atoms with van der Waals surface area (Å²) < 4.78 is 40.7. The van der Waals surface area contributed by atoms with Crippen molar-refractivity contribution in [3.63, 3.8) is 0 Å². The largest absolute Gasteiger partial charge is 0.316 e. The first-order valence-electron chi connectivity index (χ1n) is 5.73. The van der Waals surface area contributed by atoms with Crippen LogP contribution < -0.4 is 10.0 Å². The van der Waals surface area contributed by atoms with Gasteiger partial charge in [-0.05, 0) is 19.2 Å². The van der Waals surface area contributed by atoms with Crippen molar-refractivity contribution in [3.05, 3.63) is 40.9 Å². The Hall–Kier alpha value is -1.84. The van der Waals surface area contributed by atoms with Crippen LogP contribution in [0.4, 0.5) is 10.3 Å². The van der Waals surface area contributed by atoms with Crippen LogP contribution >= 0.6 is 11.6 Å². The Labute approximate surface area is 125 Å². The lowest BCUT2D eigenvalue weighted by atomic mass is 10.2. The van der Waals surface area contributed by atoms with Gasteiger partial charge < -0.3 is 5.32 Å². The molecule has 0 radical (unpaired) electrons. The van der Waals surface area contributed by atoms with Gasteiger partial charge in [0.1, 0.15) is 10.7 Å². The van der Waals surface area contributed by atoms with E-state index >= 15 is 0 Å². The number of hydrogen-bond acceptors (Lipinski definition) is 6. The SMILES string of the molecule is CNCc1cc(Cl)cc(S(=O)(=O)Nc2nccnn2)c1F. The third-order valence-corrected chi connectivity index (χ3v) is 3.99. The van der Waals surface area contributed by atoms with Gasteiger partial charge in [-0.3, -0.25) is 0 Å². The van der Waals surface area contributed by atoms with Crippen LogP contribution in [0, 0.1) is 5.82 Å². The highest BCUT2D eigenvalue weighted by Gasteiger charge is 2.23. The molecule has 0 unspecified atom stereocenters. The molecule has 0 aliphatic carbocycles. The van der Waals surface area contributed by atoms with Gasteiger partial charge in [-0.2, -0.15) is 5.10 Å². The van der Waals surface area contributed by atoms with Crippen LogP contribution in [0.15, 0.2) is 29.4 Å². The molecule has 0 bridgehead atoms. The van der Waals surface area contributed by atoms with Gasteiger partial charge in [-0.1, -0.05) is 11.6 Å². The molecule has 0 atom stereocenters. The predicted molar refractivity (Wildman–Crippen MR) is 74.8 cm³/mol. The van der Waals surface area contributed by atoms with Crippen LogP contribution in [0.1, 0.15) is 5.56 Å². The maximum absolute atomic E-state index is 14.3. The summed E-state index contributed by atoms with van der Waals surface area (Å²) in [5, 5.41) is 9.80. The van der Waals surface area contributed by atoms with Crippen molar-refractivity contribution >= 4 is 27.6 Å². The van der Waals surface area contributed by atoms with Gasteiger partial charge in [0.05, 0.1) is 12.4 Å². The molecule has 0 saturated heterocycles.